The Morgan fingerprint density at radius 3 is 1.07 bits per heavy atom. The zero-order valence-electron chi connectivity index (χ0n) is 30.4. The third-order valence-corrected chi connectivity index (χ3v) is 7.65. The van der Waals surface area contributed by atoms with Crippen molar-refractivity contribution in [3.05, 3.63) is 24.3 Å². The lowest BCUT2D eigenvalue weighted by atomic mass is 10.1. The van der Waals surface area contributed by atoms with Gasteiger partial charge in [0.1, 0.15) is 0 Å². The van der Waals surface area contributed by atoms with Crippen molar-refractivity contribution in [3.63, 3.8) is 0 Å². The van der Waals surface area contributed by atoms with E-state index in [-0.39, 0.29) is 12.6 Å². The molecule has 0 heterocycles. The molecule has 0 saturated heterocycles. The molecule has 7 nitrogen and oxygen atoms in total. The Morgan fingerprint density at radius 1 is 0.422 bits per heavy atom. The summed E-state index contributed by atoms with van der Waals surface area (Å²) in [6, 6.07) is 0. The van der Waals surface area contributed by atoms with Crippen molar-refractivity contribution in [3.8, 4) is 0 Å². The first kappa shape index (κ1) is 44.2. The Hall–Kier alpha value is -0.800. The molecule has 7 heteroatoms. The molecule has 2 atom stereocenters. The van der Waals surface area contributed by atoms with Crippen LogP contribution in [0.5, 0.6) is 0 Å². The molecule has 0 spiro atoms. The Morgan fingerprint density at radius 2 is 0.756 bits per heavy atom. The molecule has 0 aliphatic carbocycles. The number of hydrogen-bond donors (Lipinski definition) is 0. The summed E-state index contributed by atoms with van der Waals surface area (Å²) in [6.45, 7) is 12.0. The fourth-order valence-corrected chi connectivity index (χ4v) is 4.63. The van der Waals surface area contributed by atoms with Crippen LogP contribution in [0.15, 0.2) is 24.3 Å². The van der Waals surface area contributed by atoms with Crippen LogP contribution >= 0.6 is 0 Å². The van der Waals surface area contributed by atoms with Gasteiger partial charge < -0.3 is 33.2 Å². The van der Waals surface area contributed by atoms with Crippen LogP contribution < -0.4 is 0 Å². The summed E-state index contributed by atoms with van der Waals surface area (Å²) < 4.78 is 40.8. The lowest BCUT2D eigenvalue weighted by Crippen LogP contribution is -2.22. The van der Waals surface area contributed by atoms with E-state index in [9.17, 15) is 0 Å². The minimum atomic E-state index is -0.423. The Balaban J connectivity index is 4.13. The minimum Gasteiger partial charge on any atom is -0.353 e. The van der Waals surface area contributed by atoms with Crippen LogP contribution in [0.25, 0.3) is 0 Å². The number of hydrogen-bond acceptors (Lipinski definition) is 7. The van der Waals surface area contributed by atoms with Gasteiger partial charge in [0.05, 0.1) is 0 Å². The van der Waals surface area contributed by atoms with E-state index >= 15 is 0 Å². The van der Waals surface area contributed by atoms with E-state index in [1.807, 2.05) is 12.2 Å². The van der Waals surface area contributed by atoms with Crippen LogP contribution in [0.2, 0.25) is 0 Å². The smallest absolute Gasteiger partial charge is 0.179 e. The molecule has 0 bridgehead atoms. The summed E-state index contributed by atoms with van der Waals surface area (Å²) in [5.74, 6) is 0. The van der Waals surface area contributed by atoms with Crippen molar-refractivity contribution in [2.45, 2.75) is 181 Å². The van der Waals surface area contributed by atoms with Crippen LogP contribution in [-0.4, -0.2) is 65.8 Å². The predicted octanol–water partition coefficient (Wildman–Crippen LogP) is 10.7. The fraction of sp³-hybridized carbons (Fsp3) is 0.895. The summed E-state index contributed by atoms with van der Waals surface area (Å²) >= 11 is 0. The molecule has 268 valence electrons. The highest BCUT2D eigenvalue weighted by molar-refractivity contribution is 4.89. The predicted molar refractivity (Wildman–Crippen MR) is 187 cm³/mol. The van der Waals surface area contributed by atoms with Crippen LogP contribution in [0.1, 0.15) is 156 Å². The average molecular weight is 643 g/mol. The molecule has 45 heavy (non-hydrogen) atoms. The highest BCUT2D eigenvalue weighted by atomic mass is 16.8. The third kappa shape index (κ3) is 30.3. The van der Waals surface area contributed by atoms with E-state index < -0.39 is 12.6 Å². The minimum absolute atomic E-state index is 0.0422. The lowest BCUT2D eigenvalue weighted by Gasteiger charge is -2.18. The van der Waals surface area contributed by atoms with Crippen LogP contribution in [0.3, 0.4) is 0 Å². The van der Waals surface area contributed by atoms with E-state index in [0.717, 1.165) is 129 Å². The molecule has 0 rings (SSSR count). The van der Waals surface area contributed by atoms with E-state index in [1.54, 1.807) is 14.2 Å². The quantitative estimate of drug-likeness (QED) is 0.0383. The van der Waals surface area contributed by atoms with Crippen LogP contribution in [0, 0.1) is 0 Å². The van der Waals surface area contributed by atoms with Gasteiger partial charge in [-0.15, -0.1) is 0 Å². The topological polar surface area (TPSA) is 64.6 Å². The van der Waals surface area contributed by atoms with E-state index in [4.69, 9.17) is 33.2 Å². The maximum Gasteiger partial charge on any atom is 0.179 e. The van der Waals surface area contributed by atoms with Crippen molar-refractivity contribution in [2.24, 2.45) is 0 Å². The number of allylic oxidation sites excluding steroid dienone is 2. The maximum atomic E-state index is 5.98. The summed E-state index contributed by atoms with van der Waals surface area (Å²) in [7, 11) is 3.34. The van der Waals surface area contributed by atoms with Gasteiger partial charge in [-0.3, -0.25) is 0 Å². The lowest BCUT2D eigenvalue weighted by molar-refractivity contribution is -0.188. The molecule has 0 aromatic rings. The first-order valence-electron chi connectivity index (χ1n) is 18.7. The van der Waals surface area contributed by atoms with E-state index in [0.29, 0.717) is 0 Å². The molecule has 0 aromatic carbocycles. The van der Waals surface area contributed by atoms with Crippen molar-refractivity contribution in [1.29, 1.82) is 0 Å². The van der Waals surface area contributed by atoms with Crippen molar-refractivity contribution in [1.82, 2.24) is 0 Å². The molecule has 0 radical (unpaired) electrons. The summed E-state index contributed by atoms with van der Waals surface area (Å²) in [5, 5.41) is 0. The zero-order chi connectivity index (χ0) is 33.1. The molecule has 0 aliphatic heterocycles. The average Bonchev–Trinajstić information content (AvgIpc) is 3.05. The Kier molecular flexibility index (Phi) is 35.4. The van der Waals surface area contributed by atoms with Crippen molar-refractivity contribution >= 4 is 0 Å². The molecule has 0 aromatic heterocycles. The molecule has 0 saturated carbocycles. The second-order valence-electron chi connectivity index (χ2n) is 11.9. The van der Waals surface area contributed by atoms with Gasteiger partial charge in [-0.25, -0.2) is 0 Å². The van der Waals surface area contributed by atoms with Gasteiger partial charge in [-0.1, -0.05) is 91.2 Å². The van der Waals surface area contributed by atoms with Crippen LogP contribution in [0.4, 0.5) is 0 Å². The van der Waals surface area contributed by atoms with Crippen molar-refractivity contribution < 1.29 is 33.2 Å². The highest BCUT2D eigenvalue weighted by Gasteiger charge is 2.12. The zero-order valence-corrected chi connectivity index (χ0v) is 30.4. The molecular weight excluding hydrogens is 568 g/mol. The normalized spacial score (nSPS) is 13.7. The summed E-state index contributed by atoms with van der Waals surface area (Å²) in [5.41, 5.74) is 0. The molecule has 0 N–H and O–H groups in total. The number of ether oxygens (including phenoxy) is 7. The monoisotopic (exact) mass is 643 g/mol. The maximum absolute atomic E-state index is 5.98. The number of rotatable bonds is 36. The van der Waals surface area contributed by atoms with Gasteiger partial charge in [-0.05, 0) is 89.2 Å². The molecule has 0 fully saturated rings. The Labute approximate surface area is 279 Å². The first-order valence-corrected chi connectivity index (χ1v) is 18.7. The van der Waals surface area contributed by atoms with Gasteiger partial charge in [-0.2, -0.15) is 0 Å². The summed E-state index contributed by atoms with van der Waals surface area (Å²) in [4.78, 5) is 0. The van der Waals surface area contributed by atoms with E-state index in [1.165, 1.54) is 25.7 Å². The summed E-state index contributed by atoms with van der Waals surface area (Å²) in [6.07, 6.45) is 29.7. The van der Waals surface area contributed by atoms with Gasteiger partial charge in [0.25, 0.3) is 0 Å². The molecule has 2 unspecified atom stereocenters. The molecular formula is C38H74O7. The van der Waals surface area contributed by atoms with Crippen molar-refractivity contribution in [2.75, 3.05) is 40.6 Å². The van der Waals surface area contributed by atoms with Crippen LogP contribution in [-0.2, 0) is 33.2 Å². The molecule has 0 amide bonds. The second kappa shape index (κ2) is 36.0. The van der Waals surface area contributed by atoms with Gasteiger partial charge >= 0.3 is 0 Å². The first-order chi connectivity index (χ1) is 22.1. The van der Waals surface area contributed by atoms with E-state index in [2.05, 4.69) is 39.8 Å². The number of unbranched alkanes of at least 4 members (excludes halogenated alkanes) is 12. The standard InChI is InChI=1S/C38H74O7/c1-7-11-31-41-37(42-32-12-8-2)29-25-21-17-15-19-23-27-35(39-5)45-36(40-6)28-24-20-16-18-22-26-30-38(43-33-13-9-3)44-34-14-10-4/h23-24,27-28,35-38H,7-22,25-26,29-34H2,1-6H3. The second-order valence-corrected chi connectivity index (χ2v) is 11.9. The largest absolute Gasteiger partial charge is 0.353 e. The third-order valence-electron chi connectivity index (χ3n) is 7.65. The van der Waals surface area contributed by atoms with Gasteiger partial charge in [0.2, 0.25) is 0 Å². The molecule has 0 aliphatic rings. The SMILES string of the molecule is CCCCOC(CCCCCCC=CC(OC)OC(C=CCCCCCCC(OCCCC)OCCCC)OC)OCCCC. The van der Waals surface area contributed by atoms with Gasteiger partial charge in [0.15, 0.2) is 25.2 Å². The van der Waals surface area contributed by atoms with Gasteiger partial charge in [0, 0.05) is 40.6 Å². The Bertz CT molecular complexity index is 555. The number of methoxy groups -OCH3 is 2. The highest BCUT2D eigenvalue weighted by Crippen LogP contribution is 2.15. The fourth-order valence-electron chi connectivity index (χ4n) is 4.63.